The molecule has 28 heavy (non-hydrogen) atoms. The highest BCUT2D eigenvalue weighted by Crippen LogP contribution is 2.27. The fourth-order valence-corrected chi connectivity index (χ4v) is 3.24. The van der Waals surface area contributed by atoms with Crippen molar-refractivity contribution in [2.45, 2.75) is 38.8 Å². The summed E-state index contributed by atoms with van der Waals surface area (Å²) in [6.45, 7) is 5.02. The summed E-state index contributed by atoms with van der Waals surface area (Å²) < 4.78 is 5.71. The van der Waals surface area contributed by atoms with Crippen molar-refractivity contribution < 1.29 is 14.3 Å². The van der Waals surface area contributed by atoms with Crippen molar-refractivity contribution in [2.24, 2.45) is 23.3 Å². The molecule has 0 saturated carbocycles. The summed E-state index contributed by atoms with van der Waals surface area (Å²) in [5, 5.41) is 0. The van der Waals surface area contributed by atoms with Gasteiger partial charge in [-0.2, -0.15) is 0 Å². The molecule has 0 bridgehead atoms. The molecule has 0 aromatic heterocycles. The highest BCUT2D eigenvalue weighted by Gasteiger charge is 2.37. The molecule has 0 saturated heterocycles. The number of amides is 2. The average molecular weight is 393 g/mol. The van der Waals surface area contributed by atoms with Crippen molar-refractivity contribution >= 4 is 12.0 Å². The molecule has 1 aromatic rings. The standard InChI is InChI=1S/C21H36N4O3/c1-6-18(22)19(20(23)26)17(14-16-10-8-7-9-11-16)15(2)28-21(27)25(5)13-12-24(3)4/h7-11,15,17-19H,6,12-14,22H2,1-5H3,(H2,23,26)/t15-,17?,18?,19?/m1/s1. The van der Waals surface area contributed by atoms with Crippen LogP contribution in [0.1, 0.15) is 25.8 Å². The molecule has 0 aliphatic heterocycles. The fourth-order valence-electron chi connectivity index (χ4n) is 3.24. The number of carbonyl (C=O) groups is 2. The Morgan fingerprint density at radius 3 is 2.21 bits per heavy atom. The third kappa shape index (κ3) is 7.48. The Labute approximate surface area is 169 Å². The molecular weight excluding hydrogens is 356 g/mol. The van der Waals surface area contributed by atoms with Crippen LogP contribution in [0.15, 0.2) is 30.3 Å². The Morgan fingerprint density at radius 1 is 1.11 bits per heavy atom. The van der Waals surface area contributed by atoms with Gasteiger partial charge in [-0.3, -0.25) is 4.79 Å². The van der Waals surface area contributed by atoms with Gasteiger partial charge in [0.05, 0.1) is 5.92 Å². The van der Waals surface area contributed by atoms with Gasteiger partial charge in [-0.15, -0.1) is 0 Å². The molecule has 2 amide bonds. The fraction of sp³-hybridized carbons (Fsp3) is 0.619. The molecule has 3 unspecified atom stereocenters. The van der Waals surface area contributed by atoms with Crippen LogP contribution in [0.5, 0.6) is 0 Å². The second kappa shape index (κ2) is 11.7. The zero-order valence-electron chi connectivity index (χ0n) is 17.8. The third-order valence-electron chi connectivity index (χ3n) is 5.12. The molecular formula is C21H36N4O3. The number of ether oxygens (including phenoxy) is 1. The van der Waals surface area contributed by atoms with Crippen molar-refractivity contribution in [3.8, 4) is 0 Å². The lowest BCUT2D eigenvalue weighted by Crippen LogP contribution is -2.48. The molecule has 0 radical (unpaired) electrons. The first-order valence-electron chi connectivity index (χ1n) is 9.82. The molecule has 1 aromatic carbocycles. The Bertz CT molecular complexity index is 609. The number of likely N-dealkylation sites (N-methyl/N-ethyl adjacent to an activating group) is 2. The molecule has 0 spiro atoms. The normalized spacial score (nSPS) is 15.5. The van der Waals surface area contributed by atoms with E-state index in [0.717, 1.165) is 12.1 Å². The zero-order valence-corrected chi connectivity index (χ0v) is 17.8. The van der Waals surface area contributed by atoms with Crippen LogP contribution in [-0.2, 0) is 16.0 Å². The maximum atomic E-state index is 12.5. The summed E-state index contributed by atoms with van der Waals surface area (Å²) >= 11 is 0. The highest BCUT2D eigenvalue weighted by molar-refractivity contribution is 5.78. The molecule has 0 aliphatic carbocycles. The molecule has 1 rings (SSSR count). The maximum Gasteiger partial charge on any atom is 0.409 e. The van der Waals surface area contributed by atoms with E-state index < -0.39 is 24.0 Å². The van der Waals surface area contributed by atoms with E-state index in [1.54, 1.807) is 7.05 Å². The minimum atomic E-state index is -0.583. The van der Waals surface area contributed by atoms with E-state index in [9.17, 15) is 9.59 Å². The van der Waals surface area contributed by atoms with E-state index in [0.29, 0.717) is 19.4 Å². The van der Waals surface area contributed by atoms with Crippen LogP contribution in [0, 0.1) is 11.8 Å². The number of primary amides is 1. The van der Waals surface area contributed by atoms with Gasteiger partial charge >= 0.3 is 6.09 Å². The van der Waals surface area contributed by atoms with Crippen LogP contribution in [0.2, 0.25) is 0 Å². The van der Waals surface area contributed by atoms with Crippen LogP contribution in [-0.4, -0.2) is 68.2 Å². The number of nitrogens with zero attached hydrogens (tertiary/aromatic N) is 2. The highest BCUT2D eigenvalue weighted by atomic mass is 16.6. The SMILES string of the molecule is CCC(N)C(C(N)=O)C(Cc1ccccc1)[C@@H](C)OC(=O)N(C)CCN(C)C. The molecule has 0 heterocycles. The van der Waals surface area contributed by atoms with Gasteiger partial charge in [0, 0.05) is 32.1 Å². The minimum Gasteiger partial charge on any atom is -0.446 e. The topological polar surface area (TPSA) is 102 Å². The van der Waals surface area contributed by atoms with Gasteiger partial charge in [0.15, 0.2) is 0 Å². The Hall–Kier alpha value is -2.12. The number of hydrogen-bond donors (Lipinski definition) is 2. The predicted octanol–water partition coefficient (Wildman–Crippen LogP) is 1.70. The molecule has 158 valence electrons. The van der Waals surface area contributed by atoms with Crippen LogP contribution in [0.4, 0.5) is 4.79 Å². The van der Waals surface area contributed by atoms with Crippen LogP contribution in [0.25, 0.3) is 0 Å². The van der Waals surface area contributed by atoms with Crippen LogP contribution in [0.3, 0.4) is 0 Å². The smallest absolute Gasteiger partial charge is 0.409 e. The quantitative estimate of drug-likeness (QED) is 0.597. The van der Waals surface area contributed by atoms with Gasteiger partial charge in [0.25, 0.3) is 0 Å². The van der Waals surface area contributed by atoms with Crippen LogP contribution >= 0.6 is 0 Å². The van der Waals surface area contributed by atoms with Crippen molar-refractivity contribution in [1.82, 2.24) is 9.80 Å². The number of hydrogen-bond acceptors (Lipinski definition) is 5. The molecule has 0 fully saturated rings. The zero-order chi connectivity index (χ0) is 21.3. The van der Waals surface area contributed by atoms with E-state index in [-0.39, 0.29) is 12.0 Å². The monoisotopic (exact) mass is 392 g/mol. The maximum absolute atomic E-state index is 12.5. The predicted molar refractivity (Wildman–Crippen MR) is 112 cm³/mol. The molecule has 0 aliphatic rings. The Kier molecular flexibility index (Phi) is 9.96. The Balaban J connectivity index is 2.98. The molecule has 7 nitrogen and oxygen atoms in total. The van der Waals surface area contributed by atoms with E-state index in [1.165, 1.54) is 4.90 Å². The number of benzene rings is 1. The van der Waals surface area contributed by atoms with Crippen molar-refractivity contribution in [3.05, 3.63) is 35.9 Å². The first-order valence-corrected chi connectivity index (χ1v) is 9.82. The van der Waals surface area contributed by atoms with Gasteiger partial charge in [-0.25, -0.2) is 4.79 Å². The lowest BCUT2D eigenvalue weighted by Gasteiger charge is -2.34. The van der Waals surface area contributed by atoms with Crippen molar-refractivity contribution in [2.75, 3.05) is 34.2 Å². The largest absolute Gasteiger partial charge is 0.446 e. The van der Waals surface area contributed by atoms with E-state index in [2.05, 4.69) is 0 Å². The second-order valence-electron chi connectivity index (χ2n) is 7.67. The lowest BCUT2D eigenvalue weighted by molar-refractivity contribution is -0.126. The van der Waals surface area contributed by atoms with Crippen LogP contribution < -0.4 is 11.5 Å². The van der Waals surface area contributed by atoms with E-state index in [4.69, 9.17) is 16.2 Å². The second-order valence-corrected chi connectivity index (χ2v) is 7.67. The van der Waals surface area contributed by atoms with Gasteiger partial charge in [0.1, 0.15) is 6.10 Å². The summed E-state index contributed by atoms with van der Waals surface area (Å²) in [6.07, 6.45) is 0.241. The Morgan fingerprint density at radius 2 is 1.71 bits per heavy atom. The average Bonchev–Trinajstić information content (AvgIpc) is 2.65. The van der Waals surface area contributed by atoms with Crippen molar-refractivity contribution in [3.63, 3.8) is 0 Å². The minimum absolute atomic E-state index is 0.305. The third-order valence-corrected chi connectivity index (χ3v) is 5.12. The summed E-state index contributed by atoms with van der Waals surface area (Å²) in [4.78, 5) is 28.2. The number of carbonyl (C=O) groups excluding carboxylic acids is 2. The molecule has 4 N–H and O–H groups in total. The van der Waals surface area contributed by atoms with E-state index >= 15 is 0 Å². The first-order chi connectivity index (χ1) is 13.2. The van der Waals surface area contributed by atoms with Gasteiger partial charge in [0.2, 0.25) is 5.91 Å². The van der Waals surface area contributed by atoms with Gasteiger partial charge in [-0.05, 0) is 39.4 Å². The van der Waals surface area contributed by atoms with E-state index in [1.807, 2.05) is 63.2 Å². The van der Waals surface area contributed by atoms with Gasteiger partial charge in [-0.1, -0.05) is 37.3 Å². The summed E-state index contributed by atoms with van der Waals surface area (Å²) in [5.74, 6) is -1.35. The molecule has 7 heteroatoms. The first kappa shape index (κ1) is 23.9. The number of rotatable bonds is 11. The lowest BCUT2D eigenvalue weighted by atomic mass is 9.78. The number of nitrogens with two attached hydrogens (primary N) is 2. The summed E-state index contributed by atoms with van der Waals surface area (Å²) in [6, 6.07) is 9.40. The molecule has 4 atom stereocenters. The van der Waals surface area contributed by atoms with Gasteiger partial charge < -0.3 is 26.0 Å². The van der Waals surface area contributed by atoms with Crippen molar-refractivity contribution in [1.29, 1.82) is 0 Å². The summed E-state index contributed by atoms with van der Waals surface area (Å²) in [5.41, 5.74) is 13.0. The summed E-state index contributed by atoms with van der Waals surface area (Å²) in [7, 11) is 5.59.